The van der Waals surface area contributed by atoms with Crippen LogP contribution in [-0.2, 0) is 5.41 Å². The summed E-state index contributed by atoms with van der Waals surface area (Å²) in [6.45, 7) is 2.39. The van der Waals surface area contributed by atoms with Crippen molar-refractivity contribution in [2.45, 2.75) is 24.7 Å². The summed E-state index contributed by atoms with van der Waals surface area (Å²) in [5, 5.41) is 1.30. The van der Waals surface area contributed by atoms with Crippen LogP contribution in [0.15, 0.2) is 261 Å². The third kappa shape index (κ3) is 6.78. The smallest absolute Gasteiger partial charge is 0.0714 e. The summed E-state index contributed by atoms with van der Waals surface area (Å²) in [5.41, 5.74) is 23.1. The van der Waals surface area contributed by atoms with E-state index >= 15 is 0 Å². The number of hydrogen-bond acceptors (Lipinski definition) is 1. The Morgan fingerprint density at radius 2 is 0.929 bits per heavy atom. The molecule has 13 rings (SSSR count). The number of hydrogen-bond donors (Lipinski definition) is 0. The van der Waals surface area contributed by atoms with Gasteiger partial charge in [-0.2, -0.15) is 0 Å². The molecular formula is C68H50N2. The molecule has 0 fully saturated rings. The van der Waals surface area contributed by atoms with Crippen LogP contribution in [0.3, 0.4) is 0 Å². The van der Waals surface area contributed by atoms with Crippen molar-refractivity contribution in [3.63, 3.8) is 0 Å². The van der Waals surface area contributed by atoms with Crippen LogP contribution in [0, 0.1) is 0 Å². The van der Waals surface area contributed by atoms with E-state index in [1.54, 1.807) is 0 Å². The van der Waals surface area contributed by atoms with Gasteiger partial charge in [-0.3, -0.25) is 0 Å². The molecule has 2 heteroatoms. The van der Waals surface area contributed by atoms with Gasteiger partial charge in [0.05, 0.1) is 10.9 Å². The monoisotopic (exact) mass is 894 g/mol. The summed E-state index contributed by atoms with van der Waals surface area (Å²) < 4.78 is 2.48. The molecule has 0 spiro atoms. The van der Waals surface area contributed by atoms with Crippen molar-refractivity contribution in [3.05, 3.63) is 300 Å². The SMILES string of the molecule is CC1CC(c2cccc(-c3ccc(N(c4ccc(-c5ccccc5)cc4)c4ccc5c(c4)C(c4ccccc4)(c4ccccc4)c4ccccc4-5)cc3)c2)=Cc2c1n(-c1ccccc1)c1ccccc21. The largest absolute Gasteiger partial charge is 0.313 e. The normalized spacial score (nSPS) is 14.4. The second-order valence-corrected chi connectivity index (χ2v) is 18.9. The number of benzene rings is 10. The minimum atomic E-state index is -0.506. The van der Waals surface area contributed by atoms with Crippen LogP contribution in [0.4, 0.5) is 17.1 Å². The molecule has 0 amide bonds. The maximum Gasteiger partial charge on any atom is 0.0714 e. The van der Waals surface area contributed by atoms with Crippen molar-refractivity contribution in [2.75, 3.05) is 4.90 Å². The van der Waals surface area contributed by atoms with Crippen molar-refractivity contribution >= 4 is 39.6 Å². The minimum absolute atomic E-state index is 0.345. The molecule has 332 valence electrons. The van der Waals surface area contributed by atoms with Gasteiger partial charge in [0, 0.05) is 45.3 Å². The summed E-state index contributed by atoms with van der Waals surface area (Å²) in [4.78, 5) is 2.43. The van der Waals surface area contributed by atoms with E-state index in [-0.39, 0.29) is 0 Å². The van der Waals surface area contributed by atoms with Gasteiger partial charge < -0.3 is 9.47 Å². The van der Waals surface area contributed by atoms with E-state index in [4.69, 9.17) is 0 Å². The quantitative estimate of drug-likeness (QED) is 0.140. The van der Waals surface area contributed by atoms with Crippen molar-refractivity contribution in [3.8, 4) is 39.1 Å². The fourth-order valence-corrected chi connectivity index (χ4v) is 11.8. The summed E-state index contributed by atoms with van der Waals surface area (Å²) >= 11 is 0. The number of allylic oxidation sites excluding steroid dienone is 1. The number of nitrogens with zero attached hydrogens (tertiary/aromatic N) is 2. The zero-order valence-electron chi connectivity index (χ0n) is 39.1. The number of aromatic nitrogens is 1. The Kier molecular flexibility index (Phi) is 10.1. The molecule has 1 unspecified atom stereocenters. The fourth-order valence-electron chi connectivity index (χ4n) is 11.8. The van der Waals surface area contributed by atoms with Gasteiger partial charge in [-0.15, -0.1) is 0 Å². The van der Waals surface area contributed by atoms with Crippen LogP contribution in [-0.4, -0.2) is 4.57 Å². The van der Waals surface area contributed by atoms with Crippen molar-refractivity contribution in [2.24, 2.45) is 0 Å². The maximum atomic E-state index is 2.48. The highest BCUT2D eigenvalue weighted by atomic mass is 15.1. The van der Waals surface area contributed by atoms with Crippen molar-refractivity contribution in [1.29, 1.82) is 0 Å². The first-order chi connectivity index (χ1) is 34.6. The molecule has 2 nitrogen and oxygen atoms in total. The third-order valence-electron chi connectivity index (χ3n) is 14.9. The molecule has 11 aromatic rings. The van der Waals surface area contributed by atoms with Crippen LogP contribution in [0.1, 0.15) is 58.3 Å². The lowest BCUT2D eigenvalue weighted by molar-refractivity contribution is 0.733. The van der Waals surface area contributed by atoms with Crippen LogP contribution in [0.2, 0.25) is 0 Å². The van der Waals surface area contributed by atoms with E-state index in [1.165, 1.54) is 94.6 Å². The molecule has 2 aliphatic carbocycles. The zero-order chi connectivity index (χ0) is 46.6. The van der Waals surface area contributed by atoms with E-state index in [0.717, 1.165) is 23.5 Å². The molecule has 1 aromatic heterocycles. The predicted octanol–water partition coefficient (Wildman–Crippen LogP) is 17.8. The molecule has 0 saturated heterocycles. The molecule has 0 radical (unpaired) electrons. The molecule has 0 N–H and O–H groups in total. The average molecular weight is 895 g/mol. The molecule has 70 heavy (non-hydrogen) atoms. The topological polar surface area (TPSA) is 8.17 Å². The van der Waals surface area contributed by atoms with Gasteiger partial charge in [0.1, 0.15) is 0 Å². The van der Waals surface area contributed by atoms with Crippen LogP contribution in [0.25, 0.3) is 61.6 Å². The summed E-state index contributed by atoms with van der Waals surface area (Å²) in [6.07, 6.45) is 3.43. The Labute approximate surface area is 410 Å². The van der Waals surface area contributed by atoms with Crippen molar-refractivity contribution < 1.29 is 0 Å². The lowest BCUT2D eigenvalue weighted by atomic mass is 9.67. The Hall–Kier alpha value is -8.72. The fraction of sp³-hybridized carbons (Fsp3) is 0.0588. The van der Waals surface area contributed by atoms with E-state index in [9.17, 15) is 0 Å². The summed E-state index contributed by atoms with van der Waals surface area (Å²) in [6, 6.07) is 96.0. The molecule has 1 heterocycles. The van der Waals surface area contributed by atoms with E-state index in [1.807, 2.05) is 0 Å². The van der Waals surface area contributed by atoms with Crippen LogP contribution < -0.4 is 4.90 Å². The Morgan fingerprint density at radius 3 is 1.61 bits per heavy atom. The Balaban J connectivity index is 0.914. The number of anilines is 3. The zero-order valence-corrected chi connectivity index (χ0v) is 39.1. The second-order valence-electron chi connectivity index (χ2n) is 18.9. The van der Waals surface area contributed by atoms with Gasteiger partial charge in [-0.25, -0.2) is 0 Å². The molecular weight excluding hydrogens is 845 g/mol. The molecule has 2 aliphatic rings. The highest BCUT2D eigenvalue weighted by Gasteiger charge is 2.46. The summed E-state index contributed by atoms with van der Waals surface area (Å²) in [7, 11) is 0. The van der Waals surface area contributed by atoms with Gasteiger partial charge in [0.25, 0.3) is 0 Å². The maximum absolute atomic E-state index is 2.48. The standard InChI is InChI=1S/C68H50N2/c1-47-43-53(45-63-62-30-15-17-32-66(62)70(67(47)63)56-27-12-5-13-28-56)52-22-18-21-51(44-52)50-35-39-58(40-36-50)69(57-37-33-49(34-38-57)48-19-6-2-7-20-48)59-41-42-61-60-29-14-16-31-64(60)68(65(61)46-59,54-23-8-3-9-24-54)55-25-10-4-11-26-55/h2-42,44-47H,43H2,1H3. The number of rotatable bonds is 9. The summed E-state index contributed by atoms with van der Waals surface area (Å²) in [5.74, 6) is 0.345. The molecule has 10 aromatic carbocycles. The van der Waals surface area contributed by atoms with Gasteiger partial charge >= 0.3 is 0 Å². The highest BCUT2D eigenvalue weighted by molar-refractivity contribution is 6.00. The molecule has 0 saturated carbocycles. The van der Waals surface area contributed by atoms with Crippen molar-refractivity contribution in [1.82, 2.24) is 4.57 Å². The van der Waals surface area contributed by atoms with Gasteiger partial charge in [-0.1, -0.05) is 207 Å². The first-order valence-electron chi connectivity index (χ1n) is 24.5. The highest BCUT2D eigenvalue weighted by Crippen LogP contribution is 2.57. The van der Waals surface area contributed by atoms with Crippen LogP contribution >= 0.6 is 0 Å². The van der Waals surface area contributed by atoms with E-state index in [2.05, 4.69) is 283 Å². The third-order valence-corrected chi connectivity index (χ3v) is 14.9. The molecule has 0 aliphatic heterocycles. The Morgan fingerprint density at radius 1 is 0.414 bits per heavy atom. The molecule has 1 atom stereocenters. The molecule has 0 bridgehead atoms. The number of fused-ring (bicyclic) bond motifs is 6. The van der Waals surface area contributed by atoms with E-state index < -0.39 is 5.41 Å². The average Bonchev–Trinajstić information content (AvgIpc) is 3.93. The van der Waals surface area contributed by atoms with Gasteiger partial charge in [-0.05, 0) is 140 Å². The minimum Gasteiger partial charge on any atom is -0.313 e. The van der Waals surface area contributed by atoms with Gasteiger partial charge in [0.2, 0.25) is 0 Å². The Bertz CT molecular complexity index is 3680. The van der Waals surface area contributed by atoms with E-state index in [0.29, 0.717) is 5.92 Å². The first kappa shape index (κ1) is 41.5. The predicted molar refractivity (Wildman–Crippen MR) is 293 cm³/mol. The first-order valence-corrected chi connectivity index (χ1v) is 24.5. The second kappa shape index (κ2) is 17.1. The lowest BCUT2D eigenvalue weighted by Gasteiger charge is -2.35. The lowest BCUT2D eigenvalue weighted by Crippen LogP contribution is -2.28. The number of para-hydroxylation sites is 2. The van der Waals surface area contributed by atoms with Crippen LogP contribution in [0.5, 0.6) is 0 Å². The van der Waals surface area contributed by atoms with Gasteiger partial charge in [0.15, 0.2) is 0 Å².